The van der Waals surface area contributed by atoms with Gasteiger partial charge in [0.15, 0.2) is 5.82 Å². The molecular weight excluding hydrogens is 388 g/mol. The van der Waals surface area contributed by atoms with E-state index < -0.39 is 0 Å². The largest absolute Gasteiger partial charge is 0.494 e. The summed E-state index contributed by atoms with van der Waals surface area (Å²) in [7, 11) is 0. The van der Waals surface area contributed by atoms with Gasteiger partial charge in [-0.05, 0) is 61.1 Å². The second kappa shape index (κ2) is 7.55. The van der Waals surface area contributed by atoms with Gasteiger partial charge in [-0.3, -0.25) is 0 Å². The molecule has 0 fully saturated rings. The van der Waals surface area contributed by atoms with Crippen LogP contribution in [-0.2, 0) is 0 Å². The number of nitrogens with one attached hydrogen (secondary N) is 1. The molecule has 1 aromatic heterocycles. The Kier molecular flexibility index (Phi) is 5.22. The van der Waals surface area contributed by atoms with Crippen molar-refractivity contribution < 1.29 is 4.74 Å². The van der Waals surface area contributed by atoms with Crippen molar-refractivity contribution in [3.05, 3.63) is 63.3 Å². The van der Waals surface area contributed by atoms with Gasteiger partial charge in [-0.2, -0.15) is 14.9 Å². The van der Waals surface area contributed by atoms with Gasteiger partial charge in [0.1, 0.15) is 5.75 Å². The Hall–Kier alpha value is -2.25. The standard InChI is InChI=1S/C17H15BrN4OS/c1-2-23-13-9-7-12(8-10-13)11-19-22-16(20-21-17(22)24)14-5-3-4-6-15(14)18/h3-11H,2H2,1H3,(H,21,24). The maximum absolute atomic E-state index is 5.43. The minimum absolute atomic E-state index is 0.433. The van der Waals surface area contributed by atoms with Gasteiger partial charge < -0.3 is 4.74 Å². The summed E-state index contributed by atoms with van der Waals surface area (Å²) in [4.78, 5) is 0. The lowest BCUT2D eigenvalue weighted by Gasteiger charge is -2.04. The maximum Gasteiger partial charge on any atom is 0.216 e. The minimum atomic E-state index is 0.433. The van der Waals surface area contributed by atoms with Gasteiger partial charge in [0, 0.05) is 10.0 Å². The summed E-state index contributed by atoms with van der Waals surface area (Å²) >= 11 is 8.81. The van der Waals surface area contributed by atoms with E-state index in [0.717, 1.165) is 21.3 Å². The third-order valence-corrected chi connectivity index (χ3v) is 4.23. The highest BCUT2D eigenvalue weighted by Gasteiger charge is 2.10. The monoisotopic (exact) mass is 402 g/mol. The van der Waals surface area contributed by atoms with Crippen molar-refractivity contribution in [2.24, 2.45) is 5.10 Å². The van der Waals surface area contributed by atoms with Crippen LogP contribution in [0.3, 0.4) is 0 Å². The van der Waals surface area contributed by atoms with Crippen molar-refractivity contribution >= 4 is 34.4 Å². The lowest BCUT2D eigenvalue weighted by atomic mass is 10.2. The molecule has 0 aliphatic heterocycles. The highest BCUT2D eigenvalue weighted by molar-refractivity contribution is 9.10. The number of rotatable bonds is 5. The number of benzene rings is 2. The molecule has 0 aliphatic carbocycles. The van der Waals surface area contributed by atoms with Gasteiger partial charge in [-0.1, -0.05) is 28.1 Å². The van der Waals surface area contributed by atoms with Crippen LogP contribution in [0, 0.1) is 4.77 Å². The van der Waals surface area contributed by atoms with Crippen molar-refractivity contribution in [3.8, 4) is 17.1 Å². The van der Waals surface area contributed by atoms with Crippen molar-refractivity contribution in [2.45, 2.75) is 6.92 Å². The number of ether oxygens (including phenoxy) is 1. The summed E-state index contributed by atoms with van der Waals surface area (Å²) in [5.74, 6) is 1.48. The number of halogens is 1. The first kappa shape index (κ1) is 16.6. The van der Waals surface area contributed by atoms with Gasteiger partial charge in [0.25, 0.3) is 0 Å². The zero-order valence-corrected chi connectivity index (χ0v) is 15.3. The molecule has 0 atom stereocenters. The molecule has 0 amide bonds. The van der Waals surface area contributed by atoms with Gasteiger partial charge in [-0.15, -0.1) is 0 Å². The lowest BCUT2D eigenvalue weighted by molar-refractivity contribution is 0.340. The van der Waals surface area contributed by atoms with Gasteiger partial charge in [-0.25, -0.2) is 5.10 Å². The Morgan fingerprint density at radius 1 is 1.25 bits per heavy atom. The highest BCUT2D eigenvalue weighted by atomic mass is 79.9. The Labute approximate surface area is 153 Å². The molecule has 2 aromatic carbocycles. The average molecular weight is 403 g/mol. The molecule has 0 radical (unpaired) electrons. The Bertz CT molecular complexity index is 915. The highest BCUT2D eigenvalue weighted by Crippen LogP contribution is 2.26. The first-order chi connectivity index (χ1) is 11.7. The number of hydrogen-bond acceptors (Lipinski definition) is 4. The van der Waals surface area contributed by atoms with Crippen LogP contribution in [0.25, 0.3) is 11.4 Å². The van der Waals surface area contributed by atoms with E-state index in [2.05, 4.69) is 31.2 Å². The molecule has 7 heteroatoms. The molecule has 0 unspecified atom stereocenters. The van der Waals surface area contributed by atoms with E-state index in [1.807, 2.05) is 55.5 Å². The number of hydrogen-bond donors (Lipinski definition) is 1. The van der Waals surface area contributed by atoms with E-state index in [4.69, 9.17) is 17.0 Å². The topological polar surface area (TPSA) is 55.2 Å². The quantitative estimate of drug-likeness (QED) is 0.498. The van der Waals surface area contributed by atoms with E-state index in [-0.39, 0.29) is 0 Å². The fraction of sp³-hybridized carbons (Fsp3) is 0.118. The maximum atomic E-state index is 5.43. The summed E-state index contributed by atoms with van der Waals surface area (Å²) in [5.41, 5.74) is 1.85. The molecular formula is C17H15BrN4OS. The zero-order chi connectivity index (χ0) is 16.9. The third kappa shape index (κ3) is 3.63. The zero-order valence-electron chi connectivity index (χ0n) is 12.9. The first-order valence-electron chi connectivity index (χ1n) is 7.38. The molecule has 5 nitrogen and oxygen atoms in total. The molecule has 0 bridgehead atoms. The predicted molar refractivity (Wildman–Crippen MR) is 101 cm³/mol. The van der Waals surface area contributed by atoms with E-state index in [0.29, 0.717) is 17.2 Å². The molecule has 0 saturated heterocycles. The summed E-state index contributed by atoms with van der Waals surface area (Å²) in [6.45, 7) is 2.60. The van der Waals surface area contributed by atoms with Crippen LogP contribution in [0.2, 0.25) is 0 Å². The Morgan fingerprint density at radius 2 is 2.00 bits per heavy atom. The fourth-order valence-corrected chi connectivity index (χ4v) is 2.80. The minimum Gasteiger partial charge on any atom is -0.494 e. The van der Waals surface area contributed by atoms with Gasteiger partial charge >= 0.3 is 0 Å². The van der Waals surface area contributed by atoms with E-state index in [1.54, 1.807) is 10.9 Å². The van der Waals surface area contributed by atoms with E-state index in [9.17, 15) is 0 Å². The van der Waals surface area contributed by atoms with Crippen LogP contribution < -0.4 is 4.74 Å². The third-order valence-electron chi connectivity index (χ3n) is 3.28. The normalized spacial score (nSPS) is 11.1. The van der Waals surface area contributed by atoms with Crippen LogP contribution in [-0.4, -0.2) is 27.7 Å². The summed E-state index contributed by atoms with van der Waals surface area (Å²) in [6.07, 6.45) is 1.74. The second-order valence-electron chi connectivity index (χ2n) is 4.89. The summed E-state index contributed by atoms with van der Waals surface area (Å²) in [5, 5.41) is 11.5. The van der Waals surface area contributed by atoms with Gasteiger partial charge in [0.2, 0.25) is 4.77 Å². The number of aromatic nitrogens is 3. The van der Waals surface area contributed by atoms with Gasteiger partial charge in [0.05, 0.1) is 12.8 Å². The molecule has 1 N–H and O–H groups in total. The number of H-pyrrole nitrogens is 1. The van der Waals surface area contributed by atoms with E-state index in [1.165, 1.54) is 0 Å². The molecule has 0 spiro atoms. The predicted octanol–water partition coefficient (Wildman–Crippen LogP) is 4.65. The number of nitrogens with zero attached hydrogens (tertiary/aromatic N) is 3. The molecule has 24 heavy (non-hydrogen) atoms. The van der Waals surface area contributed by atoms with Crippen LogP contribution >= 0.6 is 28.1 Å². The van der Waals surface area contributed by atoms with Crippen LogP contribution in [0.5, 0.6) is 5.75 Å². The summed E-state index contributed by atoms with van der Waals surface area (Å²) < 4.78 is 8.40. The number of aromatic amines is 1. The van der Waals surface area contributed by atoms with Crippen LogP contribution in [0.4, 0.5) is 0 Å². The van der Waals surface area contributed by atoms with Crippen molar-refractivity contribution in [1.82, 2.24) is 14.9 Å². The van der Waals surface area contributed by atoms with Crippen molar-refractivity contribution in [1.29, 1.82) is 0 Å². The summed E-state index contributed by atoms with van der Waals surface area (Å²) in [6, 6.07) is 15.5. The molecule has 3 rings (SSSR count). The SMILES string of the molecule is CCOc1ccc(C=Nn2c(-c3ccccc3Br)n[nH]c2=S)cc1. The molecule has 122 valence electrons. The van der Waals surface area contributed by atoms with E-state index >= 15 is 0 Å². The fourth-order valence-electron chi connectivity index (χ4n) is 2.16. The Morgan fingerprint density at radius 3 is 2.71 bits per heavy atom. The Balaban J connectivity index is 1.92. The lowest BCUT2D eigenvalue weighted by Crippen LogP contribution is -1.96. The first-order valence-corrected chi connectivity index (χ1v) is 8.58. The van der Waals surface area contributed by atoms with Crippen molar-refractivity contribution in [3.63, 3.8) is 0 Å². The van der Waals surface area contributed by atoms with Crippen LogP contribution in [0.15, 0.2) is 58.1 Å². The molecule has 0 aliphatic rings. The molecule has 0 saturated carbocycles. The average Bonchev–Trinajstić information content (AvgIpc) is 2.96. The molecule has 1 heterocycles. The molecule has 3 aromatic rings. The second-order valence-corrected chi connectivity index (χ2v) is 6.13. The smallest absolute Gasteiger partial charge is 0.216 e. The van der Waals surface area contributed by atoms with Crippen LogP contribution in [0.1, 0.15) is 12.5 Å². The van der Waals surface area contributed by atoms with Crippen molar-refractivity contribution in [2.75, 3.05) is 6.61 Å².